The molecule has 1 amide bonds. The van der Waals surface area contributed by atoms with Gasteiger partial charge in [-0.2, -0.15) is 4.98 Å². The van der Waals surface area contributed by atoms with Crippen LogP contribution >= 0.6 is 0 Å². The van der Waals surface area contributed by atoms with Crippen molar-refractivity contribution < 1.29 is 14.1 Å². The number of pyridine rings is 1. The lowest BCUT2D eigenvalue weighted by Crippen LogP contribution is -2.38. The molecule has 0 spiro atoms. The molecule has 3 heterocycles. The minimum absolute atomic E-state index is 0.0706. The molecule has 1 aliphatic rings. The molecule has 1 N–H and O–H groups in total. The minimum atomic E-state index is -0.307. The van der Waals surface area contributed by atoms with Gasteiger partial charge in [0.1, 0.15) is 6.04 Å². The summed E-state index contributed by atoms with van der Waals surface area (Å²) in [6.45, 7) is 7.27. The molecule has 7 nitrogen and oxygen atoms in total. The second-order valence-corrected chi connectivity index (χ2v) is 7.09. The van der Waals surface area contributed by atoms with E-state index in [0.29, 0.717) is 24.9 Å². The zero-order chi connectivity index (χ0) is 18.5. The van der Waals surface area contributed by atoms with Crippen molar-refractivity contribution in [2.75, 3.05) is 13.2 Å². The molecular formula is C19H26N4O3. The maximum absolute atomic E-state index is 12.9. The van der Waals surface area contributed by atoms with Gasteiger partial charge in [-0.3, -0.25) is 9.78 Å². The molecule has 140 valence electrons. The molecule has 0 radical (unpaired) electrons. The van der Waals surface area contributed by atoms with E-state index in [2.05, 4.69) is 20.4 Å². The Bertz CT molecular complexity index is 711. The first-order valence-corrected chi connectivity index (χ1v) is 9.17. The quantitative estimate of drug-likeness (QED) is 0.854. The van der Waals surface area contributed by atoms with Crippen LogP contribution in [0.15, 0.2) is 29.0 Å². The number of carbonyl (C=O) groups is 1. The van der Waals surface area contributed by atoms with Crippen molar-refractivity contribution in [3.05, 3.63) is 41.8 Å². The van der Waals surface area contributed by atoms with Gasteiger partial charge in [0.15, 0.2) is 5.82 Å². The van der Waals surface area contributed by atoms with E-state index >= 15 is 0 Å². The van der Waals surface area contributed by atoms with Crippen molar-refractivity contribution in [1.82, 2.24) is 20.4 Å². The number of rotatable bonds is 6. The molecule has 0 unspecified atom stereocenters. The molecule has 2 aromatic rings. The molecule has 0 bridgehead atoms. The van der Waals surface area contributed by atoms with E-state index in [1.165, 1.54) is 0 Å². The topological polar surface area (TPSA) is 90.1 Å². The fourth-order valence-electron chi connectivity index (χ4n) is 3.10. The van der Waals surface area contributed by atoms with Crippen LogP contribution in [0.1, 0.15) is 68.8 Å². The average Bonchev–Trinajstić information content (AvgIpc) is 3.17. The Morgan fingerprint density at radius 2 is 2.04 bits per heavy atom. The lowest BCUT2D eigenvalue weighted by molar-refractivity contribution is -0.124. The van der Waals surface area contributed by atoms with Crippen molar-refractivity contribution >= 4 is 5.91 Å². The molecule has 26 heavy (non-hydrogen) atoms. The van der Waals surface area contributed by atoms with Crippen molar-refractivity contribution in [2.24, 2.45) is 5.92 Å². The van der Waals surface area contributed by atoms with Gasteiger partial charge in [0.2, 0.25) is 11.8 Å². The van der Waals surface area contributed by atoms with E-state index < -0.39 is 0 Å². The number of amides is 1. The van der Waals surface area contributed by atoms with Crippen molar-refractivity contribution in [3.8, 4) is 0 Å². The molecule has 1 aliphatic heterocycles. The third kappa shape index (κ3) is 4.27. The normalized spacial score (nSPS) is 17.8. The highest BCUT2D eigenvalue weighted by Gasteiger charge is 2.33. The maximum Gasteiger partial charge on any atom is 0.249 e. The van der Waals surface area contributed by atoms with Gasteiger partial charge in [-0.15, -0.1) is 0 Å². The van der Waals surface area contributed by atoms with Gasteiger partial charge >= 0.3 is 0 Å². The first-order chi connectivity index (χ1) is 12.6. The van der Waals surface area contributed by atoms with Crippen LogP contribution in [0.3, 0.4) is 0 Å². The number of hydrogen-bond donors (Lipinski definition) is 1. The largest absolute Gasteiger partial charge is 0.381 e. The molecule has 2 aromatic heterocycles. The van der Waals surface area contributed by atoms with E-state index in [1.807, 2.05) is 32.9 Å². The van der Waals surface area contributed by atoms with Crippen molar-refractivity contribution in [1.29, 1.82) is 0 Å². The standard InChI is InChI=1S/C19H26N4O3/c1-12(2)17-22-19(26-23-17)16(14-6-9-25-10-7-14)21-18(24)13(3)15-5-4-8-20-11-15/h4-5,8,11-14,16H,6-7,9-10H2,1-3H3,(H,21,24)/t13-,16+/m0/s1. The van der Waals surface area contributed by atoms with E-state index in [4.69, 9.17) is 9.26 Å². The third-order valence-corrected chi connectivity index (χ3v) is 4.85. The summed E-state index contributed by atoms with van der Waals surface area (Å²) in [5, 5.41) is 7.20. The number of nitrogens with one attached hydrogen (secondary N) is 1. The lowest BCUT2D eigenvalue weighted by Gasteiger charge is -2.29. The van der Waals surface area contributed by atoms with Crippen LogP contribution < -0.4 is 5.32 Å². The van der Waals surface area contributed by atoms with E-state index in [-0.39, 0.29) is 29.7 Å². The van der Waals surface area contributed by atoms with Gasteiger partial charge < -0.3 is 14.6 Å². The number of nitrogens with zero attached hydrogens (tertiary/aromatic N) is 3. The Morgan fingerprint density at radius 3 is 2.65 bits per heavy atom. The Balaban J connectivity index is 1.79. The Labute approximate surface area is 153 Å². The monoisotopic (exact) mass is 358 g/mol. The smallest absolute Gasteiger partial charge is 0.249 e. The Kier molecular flexibility index (Phi) is 5.98. The average molecular weight is 358 g/mol. The molecule has 0 saturated carbocycles. The van der Waals surface area contributed by atoms with Crippen LogP contribution in [0.4, 0.5) is 0 Å². The number of hydrogen-bond acceptors (Lipinski definition) is 6. The summed E-state index contributed by atoms with van der Waals surface area (Å²) >= 11 is 0. The Morgan fingerprint density at radius 1 is 1.27 bits per heavy atom. The van der Waals surface area contributed by atoms with Crippen LogP contribution in [0.25, 0.3) is 0 Å². The van der Waals surface area contributed by atoms with E-state index in [1.54, 1.807) is 12.4 Å². The molecular weight excluding hydrogens is 332 g/mol. The lowest BCUT2D eigenvalue weighted by atomic mass is 9.90. The molecule has 2 atom stereocenters. The van der Waals surface area contributed by atoms with Gasteiger partial charge in [0, 0.05) is 31.5 Å². The first-order valence-electron chi connectivity index (χ1n) is 9.17. The maximum atomic E-state index is 12.9. The summed E-state index contributed by atoms with van der Waals surface area (Å²) in [6, 6.07) is 3.44. The van der Waals surface area contributed by atoms with Gasteiger partial charge in [-0.25, -0.2) is 0 Å². The molecule has 1 saturated heterocycles. The third-order valence-electron chi connectivity index (χ3n) is 4.85. The summed E-state index contributed by atoms with van der Waals surface area (Å²) in [7, 11) is 0. The zero-order valence-electron chi connectivity index (χ0n) is 15.5. The predicted molar refractivity (Wildman–Crippen MR) is 95.5 cm³/mol. The van der Waals surface area contributed by atoms with E-state index in [9.17, 15) is 4.79 Å². The van der Waals surface area contributed by atoms with Crippen LogP contribution in [0, 0.1) is 5.92 Å². The van der Waals surface area contributed by atoms with Gasteiger partial charge in [0.05, 0.1) is 5.92 Å². The number of aromatic nitrogens is 3. The fraction of sp³-hybridized carbons (Fsp3) is 0.579. The van der Waals surface area contributed by atoms with Gasteiger partial charge in [0.25, 0.3) is 0 Å². The van der Waals surface area contributed by atoms with Crippen LogP contribution in [0.5, 0.6) is 0 Å². The zero-order valence-corrected chi connectivity index (χ0v) is 15.5. The number of carbonyl (C=O) groups excluding carboxylic acids is 1. The van der Waals surface area contributed by atoms with Crippen LogP contribution in [-0.4, -0.2) is 34.2 Å². The van der Waals surface area contributed by atoms with Crippen molar-refractivity contribution in [3.63, 3.8) is 0 Å². The summed E-state index contributed by atoms with van der Waals surface area (Å²) in [4.78, 5) is 21.5. The van der Waals surface area contributed by atoms with Gasteiger partial charge in [-0.05, 0) is 37.3 Å². The van der Waals surface area contributed by atoms with Crippen molar-refractivity contribution in [2.45, 2.75) is 51.5 Å². The highest BCUT2D eigenvalue weighted by atomic mass is 16.5. The van der Waals surface area contributed by atoms with Crippen LogP contribution in [-0.2, 0) is 9.53 Å². The molecule has 7 heteroatoms. The highest BCUT2D eigenvalue weighted by molar-refractivity contribution is 5.83. The van der Waals surface area contributed by atoms with Gasteiger partial charge in [-0.1, -0.05) is 25.1 Å². The SMILES string of the molecule is CC(C)c1noc([C@H](NC(=O)[C@@H](C)c2cccnc2)C2CCOCC2)n1. The molecule has 3 rings (SSSR count). The second-order valence-electron chi connectivity index (χ2n) is 7.09. The predicted octanol–water partition coefficient (Wildman–Crippen LogP) is 2.98. The van der Waals surface area contributed by atoms with E-state index in [0.717, 1.165) is 18.4 Å². The summed E-state index contributed by atoms with van der Waals surface area (Å²) in [5.41, 5.74) is 0.879. The number of ether oxygens (including phenoxy) is 1. The Hall–Kier alpha value is -2.28. The highest BCUT2D eigenvalue weighted by Crippen LogP contribution is 2.31. The molecule has 0 aromatic carbocycles. The minimum Gasteiger partial charge on any atom is -0.381 e. The second kappa shape index (κ2) is 8.40. The van der Waals surface area contributed by atoms with Crippen LogP contribution in [0.2, 0.25) is 0 Å². The summed E-state index contributed by atoms with van der Waals surface area (Å²) in [5.74, 6) is 1.15. The summed E-state index contributed by atoms with van der Waals surface area (Å²) in [6.07, 6.45) is 5.12. The molecule has 1 fully saturated rings. The molecule has 0 aliphatic carbocycles. The first kappa shape index (κ1) is 18.5. The summed E-state index contributed by atoms with van der Waals surface area (Å²) < 4.78 is 11.0. The fourth-order valence-corrected chi connectivity index (χ4v) is 3.10.